The molecular formula is C15H22F3N. The van der Waals surface area contributed by atoms with Gasteiger partial charge in [-0.25, -0.2) is 0 Å². The van der Waals surface area contributed by atoms with E-state index in [0.29, 0.717) is 6.04 Å². The van der Waals surface area contributed by atoms with Crippen LogP contribution in [-0.4, -0.2) is 6.04 Å². The second-order valence-electron chi connectivity index (χ2n) is 4.85. The van der Waals surface area contributed by atoms with E-state index in [1.807, 2.05) is 0 Å². The molecule has 1 aromatic carbocycles. The summed E-state index contributed by atoms with van der Waals surface area (Å²) in [5.41, 5.74) is 0.168. The third kappa shape index (κ3) is 5.53. The molecule has 1 N–H and O–H groups in total. The van der Waals surface area contributed by atoms with E-state index >= 15 is 0 Å². The average molecular weight is 273 g/mol. The van der Waals surface area contributed by atoms with Crippen molar-refractivity contribution in [1.29, 1.82) is 0 Å². The first-order valence-corrected chi connectivity index (χ1v) is 6.91. The van der Waals surface area contributed by atoms with Crippen molar-refractivity contribution in [2.24, 2.45) is 0 Å². The quantitative estimate of drug-likeness (QED) is 0.694. The van der Waals surface area contributed by atoms with E-state index in [1.54, 1.807) is 0 Å². The molecule has 0 aliphatic heterocycles. The van der Waals surface area contributed by atoms with Crippen LogP contribution in [-0.2, 0) is 6.18 Å². The third-order valence-electron chi connectivity index (χ3n) is 3.13. The Hall–Kier alpha value is -1.19. The molecule has 0 heterocycles. The van der Waals surface area contributed by atoms with Gasteiger partial charge in [0.2, 0.25) is 0 Å². The number of benzene rings is 1. The van der Waals surface area contributed by atoms with Crippen LogP contribution in [0.3, 0.4) is 0 Å². The summed E-state index contributed by atoms with van der Waals surface area (Å²) in [5.74, 6) is 0. The maximum atomic E-state index is 12.4. The number of hydrogen-bond acceptors (Lipinski definition) is 1. The first-order valence-electron chi connectivity index (χ1n) is 6.91. The summed E-state index contributed by atoms with van der Waals surface area (Å²) in [7, 11) is 0. The predicted octanol–water partition coefficient (Wildman–Crippen LogP) is 5.48. The van der Waals surface area contributed by atoms with E-state index < -0.39 is 11.7 Å². The van der Waals surface area contributed by atoms with E-state index in [4.69, 9.17) is 0 Å². The molecule has 108 valence electrons. The fourth-order valence-electron chi connectivity index (χ4n) is 2.08. The molecule has 19 heavy (non-hydrogen) atoms. The summed E-state index contributed by atoms with van der Waals surface area (Å²) in [4.78, 5) is 0. The number of unbranched alkanes of at least 4 members (excludes halogenated alkanes) is 1. The fourth-order valence-corrected chi connectivity index (χ4v) is 2.08. The summed E-state index contributed by atoms with van der Waals surface area (Å²) in [6.45, 7) is 4.26. The van der Waals surface area contributed by atoms with Crippen molar-refractivity contribution in [2.75, 3.05) is 5.32 Å². The van der Waals surface area contributed by atoms with E-state index in [0.717, 1.165) is 49.9 Å². The van der Waals surface area contributed by atoms with Gasteiger partial charge in [-0.3, -0.25) is 0 Å². The van der Waals surface area contributed by atoms with Crippen LogP contribution in [0.2, 0.25) is 0 Å². The third-order valence-corrected chi connectivity index (χ3v) is 3.13. The molecule has 0 fully saturated rings. The molecule has 0 spiro atoms. The SMILES string of the molecule is CCCCC(CCC)Nc1ccc(C(F)(F)F)cc1. The Bertz CT molecular complexity index is 357. The maximum absolute atomic E-state index is 12.4. The molecule has 0 bridgehead atoms. The van der Waals surface area contributed by atoms with Crippen LogP contribution in [0, 0.1) is 0 Å². The van der Waals surface area contributed by atoms with Crippen LogP contribution in [0.4, 0.5) is 18.9 Å². The van der Waals surface area contributed by atoms with Gasteiger partial charge in [-0.15, -0.1) is 0 Å². The van der Waals surface area contributed by atoms with Gasteiger partial charge in [0.15, 0.2) is 0 Å². The summed E-state index contributed by atoms with van der Waals surface area (Å²) >= 11 is 0. The van der Waals surface area contributed by atoms with E-state index in [2.05, 4.69) is 19.2 Å². The van der Waals surface area contributed by atoms with Gasteiger partial charge in [-0.2, -0.15) is 13.2 Å². The minimum Gasteiger partial charge on any atom is -0.382 e. The van der Waals surface area contributed by atoms with Crippen LogP contribution < -0.4 is 5.32 Å². The highest BCUT2D eigenvalue weighted by Gasteiger charge is 2.29. The lowest BCUT2D eigenvalue weighted by Gasteiger charge is -2.19. The molecule has 1 nitrogen and oxygen atoms in total. The van der Waals surface area contributed by atoms with Crippen LogP contribution in [0.5, 0.6) is 0 Å². The molecule has 0 aliphatic carbocycles. The second kappa shape index (κ2) is 7.41. The van der Waals surface area contributed by atoms with Gasteiger partial charge in [0, 0.05) is 11.7 Å². The van der Waals surface area contributed by atoms with Crippen molar-refractivity contribution in [3.8, 4) is 0 Å². The van der Waals surface area contributed by atoms with Gasteiger partial charge in [0.1, 0.15) is 0 Å². The van der Waals surface area contributed by atoms with Crippen LogP contribution in [0.15, 0.2) is 24.3 Å². The van der Waals surface area contributed by atoms with Gasteiger partial charge in [0.25, 0.3) is 0 Å². The zero-order valence-electron chi connectivity index (χ0n) is 11.6. The molecule has 1 rings (SSSR count). The van der Waals surface area contributed by atoms with Crippen molar-refractivity contribution in [2.45, 2.75) is 58.2 Å². The van der Waals surface area contributed by atoms with Gasteiger partial charge in [0.05, 0.1) is 5.56 Å². The summed E-state index contributed by atoms with van der Waals surface area (Å²) in [6, 6.07) is 5.63. The van der Waals surface area contributed by atoms with Crippen molar-refractivity contribution in [3.63, 3.8) is 0 Å². The van der Waals surface area contributed by atoms with Crippen LogP contribution >= 0.6 is 0 Å². The molecule has 0 aliphatic rings. The molecule has 1 unspecified atom stereocenters. The number of rotatable bonds is 7. The lowest BCUT2D eigenvalue weighted by molar-refractivity contribution is -0.137. The zero-order valence-corrected chi connectivity index (χ0v) is 11.6. The van der Waals surface area contributed by atoms with Gasteiger partial charge < -0.3 is 5.32 Å². The normalized spacial score (nSPS) is 13.3. The number of hydrogen-bond donors (Lipinski definition) is 1. The van der Waals surface area contributed by atoms with Crippen LogP contribution in [0.1, 0.15) is 51.5 Å². The number of anilines is 1. The summed E-state index contributed by atoms with van der Waals surface area (Å²) < 4.78 is 37.3. The Morgan fingerprint density at radius 3 is 2.11 bits per heavy atom. The highest BCUT2D eigenvalue weighted by atomic mass is 19.4. The fraction of sp³-hybridized carbons (Fsp3) is 0.600. The minimum atomic E-state index is -4.26. The first-order chi connectivity index (χ1) is 8.97. The average Bonchev–Trinajstić information content (AvgIpc) is 2.36. The molecule has 0 saturated heterocycles. The number of nitrogens with one attached hydrogen (secondary N) is 1. The maximum Gasteiger partial charge on any atom is 0.416 e. The Balaban J connectivity index is 2.64. The monoisotopic (exact) mass is 273 g/mol. The predicted molar refractivity (Wildman–Crippen MR) is 73.3 cm³/mol. The molecule has 0 saturated carbocycles. The Morgan fingerprint density at radius 1 is 1.00 bits per heavy atom. The molecule has 0 aromatic heterocycles. The van der Waals surface area contributed by atoms with Gasteiger partial charge in [-0.05, 0) is 37.1 Å². The number of halogens is 3. The van der Waals surface area contributed by atoms with Crippen molar-refractivity contribution in [3.05, 3.63) is 29.8 Å². The zero-order chi connectivity index (χ0) is 14.3. The summed E-state index contributed by atoms with van der Waals surface area (Å²) in [6.07, 6.45) is 1.19. The van der Waals surface area contributed by atoms with Crippen molar-refractivity contribution in [1.82, 2.24) is 0 Å². The molecule has 4 heteroatoms. The molecule has 1 atom stereocenters. The standard InChI is InChI=1S/C15H22F3N/c1-3-5-7-13(6-4-2)19-14-10-8-12(9-11-14)15(16,17)18/h8-11,13,19H,3-7H2,1-2H3. The first kappa shape index (κ1) is 15.9. The van der Waals surface area contributed by atoms with Crippen molar-refractivity contribution >= 4 is 5.69 Å². The molecule has 0 amide bonds. The lowest BCUT2D eigenvalue weighted by atomic mass is 10.0. The van der Waals surface area contributed by atoms with Crippen molar-refractivity contribution < 1.29 is 13.2 Å². The van der Waals surface area contributed by atoms with Crippen LogP contribution in [0.25, 0.3) is 0 Å². The highest BCUT2D eigenvalue weighted by molar-refractivity contribution is 5.45. The Kier molecular flexibility index (Phi) is 6.19. The highest BCUT2D eigenvalue weighted by Crippen LogP contribution is 2.30. The van der Waals surface area contributed by atoms with Gasteiger partial charge in [-0.1, -0.05) is 33.1 Å². The van der Waals surface area contributed by atoms with E-state index in [-0.39, 0.29) is 0 Å². The smallest absolute Gasteiger partial charge is 0.382 e. The van der Waals surface area contributed by atoms with E-state index in [1.165, 1.54) is 12.1 Å². The second-order valence-corrected chi connectivity index (χ2v) is 4.85. The van der Waals surface area contributed by atoms with Gasteiger partial charge >= 0.3 is 6.18 Å². The number of alkyl halides is 3. The summed E-state index contributed by atoms with van der Waals surface area (Å²) in [5, 5.41) is 3.33. The van der Waals surface area contributed by atoms with E-state index in [9.17, 15) is 13.2 Å². The molecule has 1 aromatic rings. The Morgan fingerprint density at radius 2 is 1.63 bits per heavy atom. The lowest BCUT2D eigenvalue weighted by Crippen LogP contribution is -2.19. The topological polar surface area (TPSA) is 12.0 Å². The molecule has 0 radical (unpaired) electrons. The molecular weight excluding hydrogens is 251 g/mol. The minimum absolute atomic E-state index is 0.349. The largest absolute Gasteiger partial charge is 0.416 e. The Labute approximate surface area is 113 Å².